The van der Waals surface area contributed by atoms with Gasteiger partial charge < -0.3 is 15.6 Å². The Balaban J connectivity index is 1.38. The molecule has 4 aromatic rings. The smallest absolute Gasteiger partial charge is 0.251 e. The minimum absolute atomic E-state index is 0.0244. The van der Waals surface area contributed by atoms with Gasteiger partial charge in [0.05, 0.1) is 6.54 Å². The Bertz CT molecular complexity index is 1330. The van der Waals surface area contributed by atoms with Crippen LogP contribution in [0.4, 0.5) is 5.82 Å². The molecular formula is C26H25N5O2. The second kappa shape index (κ2) is 9.91. The van der Waals surface area contributed by atoms with E-state index in [0.29, 0.717) is 30.9 Å². The van der Waals surface area contributed by atoms with E-state index in [1.165, 1.54) is 0 Å². The van der Waals surface area contributed by atoms with Crippen molar-refractivity contribution in [1.82, 2.24) is 19.9 Å². The molecule has 0 atom stereocenters. The molecule has 7 nitrogen and oxygen atoms in total. The molecule has 166 valence electrons. The minimum Gasteiger partial charge on any atom is -0.384 e. The molecule has 1 aromatic carbocycles. The lowest BCUT2D eigenvalue weighted by Crippen LogP contribution is -2.23. The number of nitrogens with zero attached hydrogens (tertiary/aromatic N) is 3. The van der Waals surface area contributed by atoms with Gasteiger partial charge in [0.15, 0.2) is 0 Å². The fourth-order valence-corrected chi connectivity index (χ4v) is 3.55. The molecule has 0 unspecified atom stereocenters. The fraction of sp³-hybridized carbons (Fsp3) is 0.154. The van der Waals surface area contributed by atoms with Gasteiger partial charge in [0.25, 0.3) is 11.5 Å². The highest BCUT2D eigenvalue weighted by Crippen LogP contribution is 2.12. The quantitative estimate of drug-likeness (QED) is 0.461. The lowest BCUT2D eigenvalue weighted by Gasteiger charge is -2.09. The van der Waals surface area contributed by atoms with E-state index in [-0.39, 0.29) is 11.5 Å². The van der Waals surface area contributed by atoms with E-state index < -0.39 is 0 Å². The summed E-state index contributed by atoms with van der Waals surface area (Å²) in [6.45, 7) is 2.77. The second-order valence-electron chi connectivity index (χ2n) is 7.86. The lowest BCUT2D eigenvalue weighted by molar-refractivity contribution is 0.0950. The highest BCUT2D eigenvalue weighted by atomic mass is 16.1. The number of carbonyl (C=O) groups excluding carboxylic acids is 1. The third kappa shape index (κ3) is 5.71. The number of hydrogen-bond donors (Lipinski definition) is 2. The Morgan fingerprint density at radius 2 is 1.82 bits per heavy atom. The van der Waals surface area contributed by atoms with E-state index >= 15 is 0 Å². The maximum absolute atomic E-state index is 12.6. The number of aryl methyl sites for hydroxylation is 1. The summed E-state index contributed by atoms with van der Waals surface area (Å²) in [4.78, 5) is 33.2. The van der Waals surface area contributed by atoms with Crippen molar-refractivity contribution in [3.05, 3.63) is 123 Å². The SMILES string of the molecule is Cc1nc(N)ccc1CNC(=O)c1ccnc(Cc2ccc(Cn3ccccc3=O)cc2)c1. The van der Waals surface area contributed by atoms with Gasteiger partial charge in [-0.05, 0) is 47.9 Å². The molecule has 3 N–H and O–H groups in total. The molecule has 0 bridgehead atoms. The summed E-state index contributed by atoms with van der Waals surface area (Å²) in [5, 5.41) is 2.93. The van der Waals surface area contributed by atoms with Crippen molar-refractivity contribution in [2.24, 2.45) is 0 Å². The maximum Gasteiger partial charge on any atom is 0.251 e. The van der Waals surface area contributed by atoms with Crippen molar-refractivity contribution in [2.75, 3.05) is 5.73 Å². The van der Waals surface area contributed by atoms with Crippen LogP contribution in [0.5, 0.6) is 0 Å². The highest BCUT2D eigenvalue weighted by molar-refractivity contribution is 5.94. The number of pyridine rings is 3. The summed E-state index contributed by atoms with van der Waals surface area (Å²) in [6, 6.07) is 20.3. The first kappa shape index (κ1) is 22.0. The zero-order chi connectivity index (χ0) is 23.2. The van der Waals surface area contributed by atoms with Crippen molar-refractivity contribution >= 4 is 11.7 Å². The maximum atomic E-state index is 12.6. The van der Waals surface area contributed by atoms with Gasteiger partial charge in [0.2, 0.25) is 0 Å². The first-order chi connectivity index (χ1) is 16.0. The number of hydrogen-bond acceptors (Lipinski definition) is 5. The van der Waals surface area contributed by atoms with Crippen molar-refractivity contribution in [3.63, 3.8) is 0 Å². The normalized spacial score (nSPS) is 10.7. The van der Waals surface area contributed by atoms with Crippen LogP contribution in [0.25, 0.3) is 0 Å². The summed E-state index contributed by atoms with van der Waals surface area (Å²) in [5.41, 5.74) is 10.9. The van der Waals surface area contributed by atoms with Crippen LogP contribution in [-0.2, 0) is 19.5 Å². The Morgan fingerprint density at radius 1 is 1.03 bits per heavy atom. The van der Waals surface area contributed by atoms with Crippen LogP contribution in [0.2, 0.25) is 0 Å². The standard InChI is InChI=1S/C26H25N5O2/c1-18-22(9-10-24(27)30-18)16-29-26(33)21-11-12-28-23(15-21)14-19-5-7-20(8-6-19)17-31-13-3-2-4-25(31)32/h2-13,15H,14,16-17H2,1H3,(H2,27,30)(H,29,33). The molecule has 4 rings (SSSR count). The average Bonchev–Trinajstić information content (AvgIpc) is 2.81. The first-order valence-corrected chi connectivity index (χ1v) is 10.7. The third-order valence-corrected chi connectivity index (χ3v) is 5.40. The van der Waals surface area contributed by atoms with Gasteiger partial charge in [-0.2, -0.15) is 0 Å². The van der Waals surface area contributed by atoms with Crippen molar-refractivity contribution in [3.8, 4) is 0 Å². The summed E-state index contributed by atoms with van der Waals surface area (Å²) < 4.78 is 1.67. The summed E-state index contributed by atoms with van der Waals surface area (Å²) in [5.74, 6) is 0.293. The van der Waals surface area contributed by atoms with E-state index in [9.17, 15) is 9.59 Å². The number of carbonyl (C=O) groups is 1. The molecule has 0 aliphatic rings. The fourth-order valence-electron chi connectivity index (χ4n) is 3.55. The van der Waals surface area contributed by atoms with Crippen LogP contribution >= 0.6 is 0 Å². The molecule has 1 amide bonds. The van der Waals surface area contributed by atoms with E-state index in [0.717, 1.165) is 28.1 Å². The van der Waals surface area contributed by atoms with Crippen LogP contribution < -0.4 is 16.6 Å². The van der Waals surface area contributed by atoms with Crippen LogP contribution in [-0.4, -0.2) is 20.4 Å². The molecule has 0 aliphatic heterocycles. The minimum atomic E-state index is -0.168. The predicted molar refractivity (Wildman–Crippen MR) is 128 cm³/mol. The van der Waals surface area contributed by atoms with Gasteiger partial charge >= 0.3 is 0 Å². The summed E-state index contributed by atoms with van der Waals surface area (Å²) in [7, 11) is 0. The number of rotatable bonds is 7. The Hall–Kier alpha value is -4.26. The number of amides is 1. The molecule has 7 heteroatoms. The van der Waals surface area contributed by atoms with E-state index in [1.807, 2.05) is 43.3 Å². The van der Waals surface area contributed by atoms with Crippen molar-refractivity contribution in [1.29, 1.82) is 0 Å². The molecule has 0 saturated heterocycles. The monoisotopic (exact) mass is 439 g/mol. The van der Waals surface area contributed by atoms with Gasteiger partial charge in [0, 0.05) is 48.4 Å². The average molecular weight is 440 g/mol. The molecule has 0 saturated carbocycles. The van der Waals surface area contributed by atoms with Crippen molar-refractivity contribution in [2.45, 2.75) is 26.4 Å². The molecule has 3 aromatic heterocycles. The number of nitrogens with two attached hydrogens (primary N) is 1. The summed E-state index contributed by atoms with van der Waals surface area (Å²) in [6.07, 6.45) is 4.03. The second-order valence-corrected chi connectivity index (χ2v) is 7.86. The van der Waals surface area contributed by atoms with E-state index in [4.69, 9.17) is 5.73 Å². The third-order valence-electron chi connectivity index (χ3n) is 5.40. The van der Waals surface area contributed by atoms with Gasteiger partial charge in [-0.25, -0.2) is 4.98 Å². The van der Waals surface area contributed by atoms with Crippen LogP contribution in [0.3, 0.4) is 0 Å². The highest BCUT2D eigenvalue weighted by Gasteiger charge is 2.09. The number of aromatic nitrogens is 3. The molecule has 0 fully saturated rings. The van der Waals surface area contributed by atoms with Gasteiger partial charge in [-0.1, -0.05) is 36.4 Å². The molecule has 0 aliphatic carbocycles. The molecule has 33 heavy (non-hydrogen) atoms. The predicted octanol–water partition coefficient (Wildman–Crippen LogP) is 3.10. The molecule has 0 radical (unpaired) electrons. The largest absolute Gasteiger partial charge is 0.384 e. The molecule has 3 heterocycles. The Kier molecular flexibility index (Phi) is 6.59. The van der Waals surface area contributed by atoms with Crippen molar-refractivity contribution < 1.29 is 4.79 Å². The van der Waals surface area contributed by atoms with Gasteiger partial charge in [-0.3, -0.25) is 14.6 Å². The van der Waals surface area contributed by atoms with Crippen LogP contribution in [0.15, 0.2) is 83.9 Å². The van der Waals surface area contributed by atoms with Gasteiger partial charge in [0.1, 0.15) is 5.82 Å². The Morgan fingerprint density at radius 3 is 2.58 bits per heavy atom. The number of benzene rings is 1. The molecular weight excluding hydrogens is 414 g/mol. The van der Waals surface area contributed by atoms with E-state index in [1.54, 1.807) is 47.3 Å². The Labute approximate surface area is 192 Å². The summed E-state index contributed by atoms with van der Waals surface area (Å²) >= 11 is 0. The van der Waals surface area contributed by atoms with Crippen LogP contribution in [0.1, 0.15) is 38.4 Å². The number of nitrogens with one attached hydrogen (secondary N) is 1. The van der Waals surface area contributed by atoms with E-state index in [2.05, 4.69) is 15.3 Å². The first-order valence-electron chi connectivity index (χ1n) is 10.7. The lowest BCUT2D eigenvalue weighted by atomic mass is 10.1. The zero-order valence-corrected chi connectivity index (χ0v) is 18.4. The molecule has 0 spiro atoms. The zero-order valence-electron chi connectivity index (χ0n) is 18.4. The van der Waals surface area contributed by atoms with Gasteiger partial charge in [-0.15, -0.1) is 0 Å². The topological polar surface area (TPSA) is 103 Å². The number of anilines is 1. The van der Waals surface area contributed by atoms with Crippen LogP contribution in [0, 0.1) is 6.92 Å². The number of nitrogen functional groups attached to an aromatic ring is 1.